The molecular formula is C4H12N2O. The Morgan fingerprint density at radius 2 is 2.29 bits per heavy atom. The maximum absolute atomic E-state index is 8.08. The highest BCUT2D eigenvalue weighted by atomic mass is 16.5. The van der Waals surface area contributed by atoms with Gasteiger partial charge in [0.25, 0.3) is 0 Å². The van der Waals surface area contributed by atoms with Crippen LogP contribution >= 0.6 is 0 Å². The molecule has 0 heterocycles. The molecule has 7 heavy (non-hydrogen) atoms. The molecule has 0 aliphatic heterocycles. The van der Waals surface area contributed by atoms with Crippen molar-refractivity contribution < 1.29 is 5.21 Å². The SMILES string of the molecule is CN[C@H](C)CNO. The van der Waals surface area contributed by atoms with E-state index in [2.05, 4.69) is 10.8 Å². The normalized spacial score (nSPS) is 14.1. The van der Waals surface area contributed by atoms with Gasteiger partial charge in [-0.2, -0.15) is 0 Å². The van der Waals surface area contributed by atoms with Crippen LogP contribution in [-0.4, -0.2) is 24.8 Å². The average molecular weight is 104 g/mol. The number of nitrogens with one attached hydrogen (secondary N) is 2. The van der Waals surface area contributed by atoms with Crippen LogP contribution in [0.4, 0.5) is 0 Å². The molecule has 3 N–H and O–H groups in total. The number of likely N-dealkylation sites (N-methyl/N-ethyl adjacent to an activating group) is 1. The standard InChI is InChI=1S/C4H12N2O/c1-4(5-2)3-6-7/h4-7H,3H2,1-2H3/t4-/m1/s1. The summed E-state index contributed by atoms with van der Waals surface area (Å²) in [7, 11) is 1.85. The second-order valence-electron chi connectivity index (χ2n) is 1.55. The van der Waals surface area contributed by atoms with Crippen molar-refractivity contribution in [3.05, 3.63) is 0 Å². The van der Waals surface area contributed by atoms with E-state index in [0.717, 1.165) is 0 Å². The van der Waals surface area contributed by atoms with Gasteiger partial charge in [-0.25, -0.2) is 5.48 Å². The van der Waals surface area contributed by atoms with Gasteiger partial charge in [-0.05, 0) is 14.0 Å². The van der Waals surface area contributed by atoms with Crippen molar-refractivity contribution in [2.45, 2.75) is 13.0 Å². The second kappa shape index (κ2) is 4.05. The molecule has 0 aromatic heterocycles. The van der Waals surface area contributed by atoms with Crippen LogP contribution in [-0.2, 0) is 0 Å². The predicted molar refractivity (Wildman–Crippen MR) is 28.3 cm³/mol. The summed E-state index contributed by atoms with van der Waals surface area (Å²) in [5.74, 6) is 0. The molecule has 0 radical (unpaired) electrons. The van der Waals surface area contributed by atoms with E-state index in [1.807, 2.05) is 14.0 Å². The highest BCUT2D eigenvalue weighted by Crippen LogP contribution is 1.70. The lowest BCUT2D eigenvalue weighted by Crippen LogP contribution is -2.32. The topological polar surface area (TPSA) is 44.3 Å². The summed E-state index contributed by atoms with van der Waals surface area (Å²) in [6.07, 6.45) is 0. The fourth-order valence-electron chi connectivity index (χ4n) is 0.239. The third kappa shape index (κ3) is 3.72. The smallest absolute Gasteiger partial charge is 0.0358 e. The molecule has 0 rings (SSSR count). The number of hydroxylamine groups is 1. The van der Waals surface area contributed by atoms with Crippen LogP contribution in [0.1, 0.15) is 6.92 Å². The quantitative estimate of drug-likeness (QED) is 0.426. The summed E-state index contributed by atoms with van der Waals surface area (Å²) in [4.78, 5) is 0. The van der Waals surface area contributed by atoms with Crippen LogP contribution in [0.25, 0.3) is 0 Å². The highest BCUT2D eigenvalue weighted by Gasteiger charge is 1.91. The molecule has 0 aromatic rings. The third-order valence-corrected chi connectivity index (χ3v) is 0.890. The Bertz CT molecular complexity index is 40.7. The van der Waals surface area contributed by atoms with Gasteiger partial charge in [0.15, 0.2) is 0 Å². The van der Waals surface area contributed by atoms with E-state index in [-0.39, 0.29) is 0 Å². The minimum absolute atomic E-state index is 0.338. The van der Waals surface area contributed by atoms with E-state index >= 15 is 0 Å². The third-order valence-electron chi connectivity index (χ3n) is 0.890. The molecule has 44 valence electrons. The van der Waals surface area contributed by atoms with Crippen LogP contribution in [0.2, 0.25) is 0 Å². The zero-order valence-corrected chi connectivity index (χ0v) is 4.73. The number of hydrogen-bond acceptors (Lipinski definition) is 3. The van der Waals surface area contributed by atoms with Gasteiger partial charge in [0.1, 0.15) is 0 Å². The summed E-state index contributed by atoms with van der Waals surface area (Å²) in [5.41, 5.74) is 2.06. The van der Waals surface area contributed by atoms with Crippen molar-refractivity contribution in [3.8, 4) is 0 Å². The van der Waals surface area contributed by atoms with Gasteiger partial charge in [0, 0.05) is 12.6 Å². The monoisotopic (exact) mass is 104 g/mol. The number of rotatable bonds is 3. The van der Waals surface area contributed by atoms with Crippen LogP contribution in [0.5, 0.6) is 0 Å². The molecule has 0 amide bonds. The number of hydrogen-bond donors (Lipinski definition) is 3. The van der Waals surface area contributed by atoms with Crippen molar-refractivity contribution in [3.63, 3.8) is 0 Å². The molecule has 0 aromatic carbocycles. The first-order valence-corrected chi connectivity index (χ1v) is 2.35. The predicted octanol–water partition coefficient (Wildman–Crippen LogP) is -0.427. The highest BCUT2D eigenvalue weighted by molar-refractivity contribution is 4.54. The van der Waals surface area contributed by atoms with Crippen molar-refractivity contribution in [1.29, 1.82) is 0 Å². The molecule has 0 unspecified atom stereocenters. The first-order valence-electron chi connectivity index (χ1n) is 2.35. The minimum atomic E-state index is 0.338. The lowest BCUT2D eigenvalue weighted by atomic mass is 10.4. The van der Waals surface area contributed by atoms with E-state index < -0.39 is 0 Å². The molecule has 0 saturated carbocycles. The summed E-state index contributed by atoms with van der Waals surface area (Å²) in [6.45, 7) is 2.57. The van der Waals surface area contributed by atoms with Crippen molar-refractivity contribution in [2.75, 3.05) is 13.6 Å². The van der Waals surface area contributed by atoms with Gasteiger partial charge < -0.3 is 10.5 Å². The van der Waals surface area contributed by atoms with Crippen molar-refractivity contribution in [2.24, 2.45) is 0 Å². The van der Waals surface area contributed by atoms with Gasteiger partial charge in [-0.15, -0.1) is 0 Å². The Morgan fingerprint density at radius 1 is 1.71 bits per heavy atom. The summed E-state index contributed by atoms with van der Waals surface area (Å²) >= 11 is 0. The molecule has 0 saturated heterocycles. The second-order valence-corrected chi connectivity index (χ2v) is 1.55. The minimum Gasteiger partial charge on any atom is -0.317 e. The summed E-state index contributed by atoms with van der Waals surface area (Å²) in [5, 5.41) is 11.0. The molecule has 3 nitrogen and oxygen atoms in total. The first-order chi connectivity index (χ1) is 3.31. The lowest BCUT2D eigenvalue weighted by molar-refractivity contribution is 0.158. The maximum Gasteiger partial charge on any atom is 0.0358 e. The van der Waals surface area contributed by atoms with Gasteiger partial charge in [-0.3, -0.25) is 0 Å². The zero-order chi connectivity index (χ0) is 5.70. The fraction of sp³-hybridized carbons (Fsp3) is 1.00. The van der Waals surface area contributed by atoms with E-state index in [9.17, 15) is 0 Å². The Morgan fingerprint density at radius 3 is 2.43 bits per heavy atom. The van der Waals surface area contributed by atoms with E-state index in [1.165, 1.54) is 0 Å². The van der Waals surface area contributed by atoms with Gasteiger partial charge in [0.2, 0.25) is 0 Å². The molecule has 0 bridgehead atoms. The molecular weight excluding hydrogens is 92.1 g/mol. The zero-order valence-electron chi connectivity index (χ0n) is 4.73. The van der Waals surface area contributed by atoms with Gasteiger partial charge in [0.05, 0.1) is 0 Å². The summed E-state index contributed by atoms with van der Waals surface area (Å²) in [6, 6.07) is 0.338. The van der Waals surface area contributed by atoms with Gasteiger partial charge >= 0.3 is 0 Å². The van der Waals surface area contributed by atoms with Crippen LogP contribution in [0, 0.1) is 0 Å². The summed E-state index contributed by atoms with van der Waals surface area (Å²) < 4.78 is 0. The molecule has 3 heteroatoms. The Hall–Kier alpha value is -0.120. The van der Waals surface area contributed by atoms with Crippen LogP contribution in [0.3, 0.4) is 0 Å². The van der Waals surface area contributed by atoms with E-state index in [1.54, 1.807) is 0 Å². The van der Waals surface area contributed by atoms with Crippen LogP contribution < -0.4 is 10.8 Å². The molecule has 0 spiro atoms. The Labute approximate surface area is 43.7 Å². The molecule has 1 atom stereocenters. The Kier molecular flexibility index (Phi) is 3.98. The van der Waals surface area contributed by atoms with E-state index in [0.29, 0.717) is 12.6 Å². The fourth-order valence-corrected chi connectivity index (χ4v) is 0.239. The first kappa shape index (κ1) is 6.88. The largest absolute Gasteiger partial charge is 0.317 e. The molecule has 0 aliphatic rings. The van der Waals surface area contributed by atoms with Crippen molar-refractivity contribution in [1.82, 2.24) is 10.8 Å². The van der Waals surface area contributed by atoms with Gasteiger partial charge in [-0.1, -0.05) is 0 Å². The maximum atomic E-state index is 8.08. The molecule has 0 aliphatic carbocycles. The van der Waals surface area contributed by atoms with Crippen molar-refractivity contribution >= 4 is 0 Å². The Balaban J connectivity index is 2.83. The lowest BCUT2D eigenvalue weighted by Gasteiger charge is -2.05. The average Bonchev–Trinajstić information content (AvgIpc) is 1.68. The van der Waals surface area contributed by atoms with Crippen LogP contribution in [0.15, 0.2) is 0 Å². The van der Waals surface area contributed by atoms with E-state index in [4.69, 9.17) is 5.21 Å². The molecule has 0 fully saturated rings.